The van der Waals surface area contributed by atoms with Gasteiger partial charge in [-0.05, 0) is 30.7 Å². The number of aromatic nitrogens is 4. The van der Waals surface area contributed by atoms with Gasteiger partial charge in [-0.25, -0.2) is 4.68 Å². The molecule has 0 saturated heterocycles. The van der Waals surface area contributed by atoms with Crippen LogP contribution in [0.5, 0.6) is 11.5 Å². The number of hydrogen-bond acceptors (Lipinski definition) is 7. The molecule has 32 heavy (non-hydrogen) atoms. The molecule has 0 aliphatic heterocycles. The van der Waals surface area contributed by atoms with Crippen LogP contribution >= 0.6 is 0 Å². The van der Waals surface area contributed by atoms with Crippen LogP contribution in [0, 0.1) is 6.92 Å². The van der Waals surface area contributed by atoms with Gasteiger partial charge in [-0.1, -0.05) is 40.2 Å². The summed E-state index contributed by atoms with van der Waals surface area (Å²) in [5.41, 5.74) is 3.86. The number of hydrogen-bond donors (Lipinski definition) is 1. The topological polar surface area (TPSA) is 104 Å². The molecule has 0 bridgehead atoms. The summed E-state index contributed by atoms with van der Waals surface area (Å²) in [6, 6.07) is 15.1. The van der Waals surface area contributed by atoms with Gasteiger partial charge in [-0.2, -0.15) is 0 Å². The molecule has 0 saturated carbocycles. The van der Waals surface area contributed by atoms with Crippen LogP contribution in [0.25, 0.3) is 11.3 Å². The van der Waals surface area contributed by atoms with E-state index in [-0.39, 0.29) is 18.1 Å². The fourth-order valence-electron chi connectivity index (χ4n) is 3.15. The minimum absolute atomic E-state index is 0.168. The van der Waals surface area contributed by atoms with Gasteiger partial charge in [0, 0.05) is 11.6 Å². The lowest BCUT2D eigenvalue weighted by molar-refractivity contribution is 0.0941. The maximum absolute atomic E-state index is 12.5. The number of carbonyl (C=O) groups is 1. The van der Waals surface area contributed by atoms with E-state index in [1.165, 1.54) is 5.56 Å². The third-order valence-corrected chi connectivity index (χ3v) is 4.89. The lowest BCUT2D eigenvalue weighted by atomic mass is 10.1. The molecular weight excluding hydrogens is 410 g/mol. The standard InChI is InChI=1S/C23H23N5O4/c1-15-4-6-16(7-5-15)13-28-14-18(25-27-28)12-24-23(29)19-11-21(32-26-19)17-8-9-20(30-2)22(10-17)31-3/h4-11,14H,12-13H2,1-3H3,(H,24,29). The second-order valence-electron chi connectivity index (χ2n) is 7.22. The first kappa shape index (κ1) is 21.1. The van der Waals surface area contributed by atoms with Crippen LogP contribution in [-0.2, 0) is 13.1 Å². The van der Waals surface area contributed by atoms with E-state index in [0.717, 1.165) is 5.56 Å². The number of nitrogens with one attached hydrogen (secondary N) is 1. The Morgan fingerprint density at radius 1 is 1.06 bits per heavy atom. The number of amides is 1. The number of aryl methyl sites for hydroxylation is 1. The monoisotopic (exact) mass is 433 g/mol. The van der Waals surface area contributed by atoms with Gasteiger partial charge in [0.2, 0.25) is 0 Å². The molecule has 0 radical (unpaired) electrons. The molecule has 0 spiro atoms. The van der Waals surface area contributed by atoms with Crippen LogP contribution in [0.2, 0.25) is 0 Å². The average Bonchev–Trinajstić information content (AvgIpc) is 3.48. The number of benzene rings is 2. The van der Waals surface area contributed by atoms with Crippen LogP contribution < -0.4 is 14.8 Å². The van der Waals surface area contributed by atoms with Crippen LogP contribution in [0.15, 0.2) is 59.3 Å². The molecule has 9 heteroatoms. The molecule has 1 amide bonds. The predicted octanol–water partition coefficient (Wildman–Crippen LogP) is 3.24. The predicted molar refractivity (Wildman–Crippen MR) is 117 cm³/mol. The van der Waals surface area contributed by atoms with Crippen LogP contribution in [0.4, 0.5) is 0 Å². The number of nitrogens with zero attached hydrogens (tertiary/aromatic N) is 4. The highest BCUT2D eigenvalue weighted by Gasteiger charge is 2.16. The Morgan fingerprint density at radius 2 is 1.84 bits per heavy atom. The van der Waals surface area contributed by atoms with Crippen molar-refractivity contribution in [1.82, 2.24) is 25.5 Å². The van der Waals surface area contributed by atoms with Gasteiger partial charge in [0.15, 0.2) is 23.0 Å². The van der Waals surface area contributed by atoms with Crippen molar-refractivity contribution < 1.29 is 18.8 Å². The first-order chi connectivity index (χ1) is 15.6. The number of carbonyl (C=O) groups excluding carboxylic acids is 1. The van der Waals surface area contributed by atoms with E-state index in [1.807, 2.05) is 6.92 Å². The largest absolute Gasteiger partial charge is 0.493 e. The Morgan fingerprint density at radius 3 is 2.59 bits per heavy atom. The van der Waals surface area contributed by atoms with Crippen molar-refractivity contribution in [2.24, 2.45) is 0 Å². The van der Waals surface area contributed by atoms with E-state index in [2.05, 4.69) is 45.1 Å². The molecule has 9 nitrogen and oxygen atoms in total. The summed E-state index contributed by atoms with van der Waals surface area (Å²) < 4.78 is 17.6. The summed E-state index contributed by atoms with van der Waals surface area (Å²) in [4.78, 5) is 12.5. The van der Waals surface area contributed by atoms with Gasteiger partial charge in [0.1, 0.15) is 5.69 Å². The van der Waals surface area contributed by atoms with E-state index >= 15 is 0 Å². The van der Waals surface area contributed by atoms with Crippen molar-refractivity contribution in [2.75, 3.05) is 14.2 Å². The first-order valence-electron chi connectivity index (χ1n) is 9.97. The van der Waals surface area contributed by atoms with Gasteiger partial charge in [0.25, 0.3) is 5.91 Å². The zero-order valence-corrected chi connectivity index (χ0v) is 18.0. The number of methoxy groups -OCH3 is 2. The Kier molecular flexibility index (Phi) is 6.16. The van der Waals surface area contributed by atoms with Gasteiger partial charge < -0.3 is 19.3 Å². The Bertz CT molecular complexity index is 1210. The van der Waals surface area contributed by atoms with E-state index in [4.69, 9.17) is 14.0 Å². The molecule has 164 valence electrons. The molecule has 4 aromatic rings. The fraction of sp³-hybridized carbons (Fsp3) is 0.217. The summed E-state index contributed by atoms with van der Waals surface area (Å²) in [7, 11) is 3.12. The SMILES string of the molecule is COc1ccc(-c2cc(C(=O)NCc3cn(Cc4ccc(C)cc4)nn3)no2)cc1OC. The molecule has 4 rings (SSSR count). The normalized spacial score (nSPS) is 10.7. The summed E-state index contributed by atoms with van der Waals surface area (Å²) in [5, 5.41) is 14.9. The van der Waals surface area contributed by atoms with Gasteiger partial charge in [-0.3, -0.25) is 4.79 Å². The fourth-order valence-corrected chi connectivity index (χ4v) is 3.15. The highest BCUT2D eigenvalue weighted by molar-refractivity contribution is 5.93. The lowest BCUT2D eigenvalue weighted by Gasteiger charge is -2.07. The van der Waals surface area contributed by atoms with Crippen molar-refractivity contribution in [1.29, 1.82) is 0 Å². The van der Waals surface area contributed by atoms with E-state index in [1.54, 1.807) is 49.4 Å². The second-order valence-corrected chi connectivity index (χ2v) is 7.22. The smallest absolute Gasteiger partial charge is 0.273 e. The molecular formula is C23H23N5O4. The number of ether oxygens (including phenoxy) is 2. The van der Waals surface area contributed by atoms with Crippen molar-refractivity contribution in [3.8, 4) is 22.8 Å². The summed E-state index contributed by atoms with van der Waals surface area (Å²) >= 11 is 0. The molecule has 0 aliphatic carbocycles. The third-order valence-electron chi connectivity index (χ3n) is 4.89. The van der Waals surface area contributed by atoms with Crippen molar-refractivity contribution in [3.63, 3.8) is 0 Å². The van der Waals surface area contributed by atoms with Gasteiger partial charge >= 0.3 is 0 Å². The molecule has 0 atom stereocenters. The third kappa shape index (κ3) is 4.77. The van der Waals surface area contributed by atoms with E-state index in [0.29, 0.717) is 35.1 Å². The minimum atomic E-state index is -0.367. The zero-order chi connectivity index (χ0) is 22.5. The molecule has 0 aliphatic rings. The Balaban J connectivity index is 1.37. The van der Waals surface area contributed by atoms with Crippen LogP contribution in [-0.4, -0.2) is 40.3 Å². The molecule has 2 heterocycles. The van der Waals surface area contributed by atoms with Crippen LogP contribution in [0.1, 0.15) is 27.3 Å². The summed E-state index contributed by atoms with van der Waals surface area (Å²) in [6.45, 7) is 2.89. The van der Waals surface area contributed by atoms with Crippen molar-refractivity contribution in [3.05, 3.63) is 77.2 Å². The molecule has 2 aromatic heterocycles. The quantitative estimate of drug-likeness (QED) is 0.455. The highest BCUT2D eigenvalue weighted by atomic mass is 16.5. The molecule has 1 N–H and O–H groups in total. The van der Waals surface area contributed by atoms with Crippen LogP contribution in [0.3, 0.4) is 0 Å². The maximum Gasteiger partial charge on any atom is 0.273 e. The zero-order valence-electron chi connectivity index (χ0n) is 18.0. The van der Waals surface area contributed by atoms with E-state index < -0.39 is 0 Å². The second kappa shape index (κ2) is 9.34. The Labute approximate surface area is 184 Å². The lowest BCUT2D eigenvalue weighted by Crippen LogP contribution is -2.23. The molecule has 0 unspecified atom stereocenters. The van der Waals surface area contributed by atoms with E-state index in [9.17, 15) is 4.79 Å². The number of rotatable bonds is 8. The van der Waals surface area contributed by atoms with Gasteiger partial charge in [-0.15, -0.1) is 5.10 Å². The first-order valence-corrected chi connectivity index (χ1v) is 9.97. The maximum atomic E-state index is 12.5. The summed E-state index contributed by atoms with van der Waals surface area (Å²) in [5.74, 6) is 1.24. The van der Waals surface area contributed by atoms with Crippen molar-refractivity contribution >= 4 is 5.91 Å². The Hall–Kier alpha value is -4.14. The highest BCUT2D eigenvalue weighted by Crippen LogP contribution is 2.32. The minimum Gasteiger partial charge on any atom is -0.493 e. The molecule has 0 fully saturated rings. The molecule has 2 aromatic carbocycles. The van der Waals surface area contributed by atoms with Gasteiger partial charge in [0.05, 0.1) is 33.5 Å². The summed E-state index contributed by atoms with van der Waals surface area (Å²) in [6.07, 6.45) is 1.80. The average molecular weight is 433 g/mol. The van der Waals surface area contributed by atoms with Crippen molar-refractivity contribution in [2.45, 2.75) is 20.0 Å².